The first kappa shape index (κ1) is 18.7. The molecule has 2 amide bonds. The van der Waals surface area contributed by atoms with Crippen molar-refractivity contribution in [3.63, 3.8) is 0 Å². The Labute approximate surface area is 144 Å². The highest BCUT2D eigenvalue weighted by Crippen LogP contribution is 2.22. The van der Waals surface area contributed by atoms with E-state index in [4.69, 9.17) is 4.74 Å². The molecule has 3 N–H and O–H groups in total. The molecule has 0 unspecified atom stereocenters. The number of anilines is 1. The first-order chi connectivity index (χ1) is 11.5. The second kappa shape index (κ2) is 9.04. The number of aliphatic hydroxyl groups is 1. The van der Waals surface area contributed by atoms with Crippen LogP contribution in [0, 0.1) is 0 Å². The maximum absolute atomic E-state index is 11.9. The molecule has 0 radical (unpaired) electrons. The van der Waals surface area contributed by atoms with Crippen molar-refractivity contribution in [2.75, 3.05) is 11.9 Å². The number of amides is 2. The molecule has 0 atom stereocenters. The summed E-state index contributed by atoms with van der Waals surface area (Å²) in [6, 6.07) is 7.39. The Morgan fingerprint density at radius 2 is 1.83 bits per heavy atom. The number of carbonyl (C=O) groups is 1. The zero-order chi connectivity index (χ0) is 17.4. The highest BCUT2D eigenvalue weighted by atomic mass is 16.5. The van der Waals surface area contributed by atoms with Crippen LogP contribution in [0.15, 0.2) is 24.3 Å². The summed E-state index contributed by atoms with van der Waals surface area (Å²) in [5.74, 6) is 0. The van der Waals surface area contributed by atoms with Gasteiger partial charge in [-0.1, -0.05) is 38.8 Å². The summed E-state index contributed by atoms with van der Waals surface area (Å²) in [6.07, 6.45) is 6.51. The molecule has 24 heavy (non-hydrogen) atoms. The predicted octanol–water partition coefficient (Wildman–Crippen LogP) is 3.82. The zero-order valence-electron chi connectivity index (χ0n) is 14.8. The molecule has 5 nitrogen and oxygen atoms in total. The molecule has 5 heteroatoms. The summed E-state index contributed by atoms with van der Waals surface area (Å²) in [6.45, 7) is 4.70. The third kappa shape index (κ3) is 5.80. The number of carbonyl (C=O) groups excluding carboxylic acids is 1. The van der Waals surface area contributed by atoms with Gasteiger partial charge in [0.15, 0.2) is 0 Å². The summed E-state index contributed by atoms with van der Waals surface area (Å²) >= 11 is 0. The number of benzene rings is 1. The van der Waals surface area contributed by atoms with Gasteiger partial charge in [0.1, 0.15) is 0 Å². The largest absolute Gasteiger partial charge is 0.388 e. The summed E-state index contributed by atoms with van der Waals surface area (Å²) in [5.41, 5.74) is 1.01. The lowest BCUT2D eigenvalue weighted by Crippen LogP contribution is -2.43. The molecular formula is C19H30N2O3. The minimum Gasteiger partial charge on any atom is -0.388 e. The van der Waals surface area contributed by atoms with Crippen LogP contribution >= 0.6 is 0 Å². The van der Waals surface area contributed by atoms with E-state index in [9.17, 15) is 9.90 Å². The fraction of sp³-hybridized carbons (Fsp3) is 0.632. The molecule has 1 aromatic carbocycles. The van der Waals surface area contributed by atoms with Crippen LogP contribution in [-0.4, -0.2) is 29.4 Å². The fourth-order valence-electron chi connectivity index (χ4n) is 2.87. The standard InChI is InChI=1S/C19H30N2O3/c1-3-19(23,4-2)14-20-18(22)21-16-11-9-15(10-12-16)13-24-17-7-5-6-8-17/h9-12,17,23H,3-8,13-14H2,1-2H3,(H2,20,21,22). The van der Waals surface area contributed by atoms with Gasteiger partial charge < -0.3 is 20.5 Å². The average molecular weight is 334 g/mol. The number of hydrogen-bond donors (Lipinski definition) is 3. The van der Waals surface area contributed by atoms with E-state index >= 15 is 0 Å². The van der Waals surface area contributed by atoms with Crippen LogP contribution < -0.4 is 10.6 Å². The van der Waals surface area contributed by atoms with E-state index < -0.39 is 5.60 Å². The van der Waals surface area contributed by atoms with E-state index in [0.29, 0.717) is 25.6 Å². The van der Waals surface area contributed by atoms with Gasteiger partial charge >= 0.3 is 6.03 Å². The Morgan fingerprint density at radius 1 is 1.21 bits per heavy atom. The minimum absolute atomic E-state index is 0.249. The predicted molar refractivity (Wildman–Crippen MR) is 96.0 cm³/mol. The molecule has 1 saturated carbocycles. The number of rotatable bonds is 8. The van der Waals surface area contributed by atoms with Gasteiger partial charge in [0.25, 0.3) is 0 Å². The van der Waals surface area contributed by atoms with Gasteiger partial charge in [0.2, 0.25) is 0 Å². The van der Waals surface area contributed by atoms with Crippen LogP contribution in [0.3, 0.4) is 0 Å². The first-order valence-corrected chi connectivity index (χ1v) is 9.02. The summed E-state index contributed by atoms with van der Waals surface area (Å²) in [4.78, 5) is 11.9. The number of ether oxygens (including phenoxy) is 1. The van der Waals surface area contributed by atoms with Crippen molar-refractivity contribution in [1.29, 1.82) is 0 Å². The Morgan fingerprint density at radius 3 is 2.42 bits per heavy atom. The Balaban J connectivity index is 1.75. The number of nitrogens with one attached hydrogen (secondary N) is 2. The van der Waals surface area contributed by atoms with Crippen molar-refractivity contribution in [1.82, 2.24) is 5.32 Å². The van der Waals surface area contributed by atoms with Crippen LogP contribution in [-0.2, 0) is 11.3 Å². The van der Waals surface area contributed by atoms with E-state index in [1.165, 1.54) is 25.7 Å². The van der Waals surface area contributed by atoms with Crippen molar-refractivity contribution in [3.8, 4) is 0 Å². The molecule has 2 rings (SSSR count). The average Bonchev–Trinajstić information content (AvgIpc) is 3.13. The SMILES string of the molecule is CCC(O)(CC)CNC(=O)Nc1ccc(COC2CCCC2)cc1. The molecule has 1 aromatic rings. The first-order valence-electron chi connectivity index (χ1n) is 9.02. The second-order valence-corrected chi connectivity index (χ2v) is 6.65. The minimum atomic E-state index is -0.835. The molecule has 0 saturated heterocycles. The topological polar surface area (TPSA) is 70.6 Å². The lowest BCUT2D eigenvalue weighted by Gasteiger charge is -2.25. The number of hydrogen-bond acceptors (Lipinski definition) is 3. The normalized spacial score (nSPS) is 15.5. The third-order valence-corrected chi connectivity index (χ3v) is 4.89. The quantitative estimate of drug-likeness (QED) is 0.677. The smallest absolute Gasteiger partial charge is 0.319 e. The molecule has 0 spiro atoms. The molecule has 134 valence electrons. The van der Waals surface area contributed by atoms with Crippen LogP contribution in [0.2, 0.25) is 0 Å². The van der Waals surface area contributed by atoms with E-state index in [0.717, 1.165) is 11.3 Å². The third-order valence-electron chi connectivity index (χ3n) is 4.89. The Bertz CT molecular complexity index is 506. The van der Waals surface area contributed by atoms with Crippen LogP contribution in [0.5, 0.6) is 0 Å². The van der Waals surface area contributed by atoms with Crippen molar-refractivity contribution in [3.05, 3.63) is 29.8 Å². The molecular weight excluding hydrogens is 304 g/mol. The van der Waals surface area contributed by atoms with Gasteiger partial charge in [-0.2, -0.15) is 0 Å². The lowest BCUT2D eigenvalue weighted by molar-refractivity contribution is 0.0354. The summed E-state index contributed by atoms with van der Waals surface area (Å²) in [5, 5.41) is 15.7. The highest BCUT2D eigenvalue weighted by molar-refractivity contribution is 5.89. The zero-order valence-corrected chi connectivity index (χ0v) is 14.8. The van der Waals surface area contributed by atoms with Crippen molar-refractivity contribution >= 4 is 11.7 Å². The summed E-state index contributed by atoms with van der Waals surface area (Å²) < 4.78 is 5.88. The maximum atomic E-state index is 11.9. The molecule has 0 aromatic heterocycles. The van der Waals surface area contributed by atoms with Crippen LogP contribution in [0.4, 0.5) is 10.5 Å². The van der Waals surface area contributed by atoms with Gasteiger partial charge in [0, 0.05) is 12.2 Å². The maximum Gasteiger partial charge on any atom is 0.319 e. The Kier molecular flexibility index (Phi) is 7.06. The Hall–Kier alpha value is -1.59. The molecule has 1 aliphatic rings. The van der Waals surface area contributed by atoms with E-state index in [1.807, 2.05) is 38.1 Å². The van der Waals surface area contributed by atoms with Gasteiger partial charge in [-0.05, 0) is 43.4 Å². The molecule has 0 bridgehead atoms. The van der Waals surface area contributed by atoms with E-state index in [2.05, 4.69) is 10.6 Å². The molecule has 1 fully saturated rings. The van der Waals surface area contributed by atoms with E-state index in [1.54, 1.807) is 0 Å². The van der Waals surface area contributed by atoms with Crippen molar-refractivity contribution < 1.29 is 14.6 Å². The van der Waals surface area contributed by atoms with E-state index in [-0.39, 0.29) is 12.6 Å². The van der Waals surface area contributed by atoms with Crippen molar-refractivity contribution in [2.45, 2.75) is 70.7 Å². The van der Waals surface area contributed by atoms with Gasteiger partial charge in [-0.25, -0.2) is 4.79 Å². The van der Waals surface area contributed by atoms with Crippen LogP contribution in [0.25, 0.3) is 0 Å². The van der Waals surface area contributed by atoms with Gasteiger partial charge in [0.05, 0.1) is 18.3 Å². The monoisotopic (exact) mass is 334 g/mol. The van der Waals surface area contributed by atoms with Crippen molar-refractivity contribution in [2.24, 2.45) is 0 Å². The lowest BCUT2D eigenvalue weighted by atomic mass is 9.98. The van der Waals surface area contributed by atoms with Gasteiger partial charge in [-0.3, -0.25) is 0 Å². The van der Waals surface area contributed by atoms with Gasteiger partial charge in [-0.15, -0.1) is 0 Å². The fourth-order valence-corrected chi connectivity index (χ4v) is 2.87. The number of urea groups is 1. The molecule has 0 aliphatic heterocycles. The molecule has 0 heterocycles. The van der Waals surface area contributed by atoms with Crippen LogP contribution in [0.1, 0.15) is 57.9 Å². The summed E-state index contributed by atoms with van der Waals surface area (Å²) in [7, 11) is 0. The highest BCUT2D eigenvalue weighted by Gasteiger charge is 2.22. The molecule has 1 aliphatic carbocycles. The second-order valence-electron chi connectivity index (χ2n) is 6.65.